The molecule has 0 radical (unpaired) electrons. The van der Waals surface area contributed by atoms with Crippen molar-refractivity contribution in [1.82, 2.24) is 5.32 Å². The van der Waals surface area contributed by atoms with Gasteiger partial charge in [0.15, 0.2) is 0 Å². The third-order valence-corrected chi connectivity index (χ3v) is 5.09. The van der Waals surface area contributed by atoms with E-state index in [1.807, 2.05) is 19.1 Å². The lowest BCUT2D eigenvalue weighted by Crippen LogP contribution is -2.36. The van der Waals surface area contributed by atoms with Crippen molar-refractivity contribution < 1.29 is 14.4 Å². The molecule has 1 heterocycles. The van der Waals surface area contributed by atoms with Crippen LogP contribution in [0.5, 0.6) is 0 Å². The molecular weight excluding hydrogens is 390 g/mol. The Hall–Kier alpha value is -2.86. The Morgan fingerprint density at radius 1 is 1.10 bits per heavy atom. The van der Waals surface area contributed by atoms with Crippen LogP contribution < -0.4 is 15.5 Å². The van der Waals surface area contributed by atoms with Gasteiger partial charge in [-0.1, -0.05) is 30.7 Å². The maximum atomic E-state index is 12.6. The molecule has 1 atom stereocenters. The van der Waals surface area contributed by atoms with Crippen molar-refractivity contribution in [3.63, 3.8) is 0 Å². The fourth-order valence-electron chi connectivity index (χ4n) is 3.27. The molecule has 0 saturated carbocycles. The minimum Gasteiger partial charge on any atom is -0.351 e. The first-order chi connectivity index (χ1) is 14.0. The molecule has 3 amide bonds. The van der Waals surface area contributed by atoms with Gasteiger partial charge in [0.25, 0.3) is 0 Å². The van der Waals surface area contributed by atoms with Crippen LogP contribution in [0.2, 0.25) is 5.02 Å². The summed E-state index contributed by atoms with van der Waals surface area (Å²) in [6.45, 7) is 2.78. The predicted molar refractivity (Wildman–Crippen MR) is 114 cm³/mol. The van der Waals surface area contributed by atoms with Crippen molar-refractivity contribution in [1.29, 1.82) is 0 Å². The number of benzene rings is 2. The second kappa shape index (κ2) is 9.56. The van der Waals surface area contributed by atoms with E-state index < -0.39 is 5.92 Å². The van der Waals surface area contributed by atoms with Gasteiger partial charge in [-0.05, 0) is 54.8 Å². The van der Waals surface area contributed by atoms with Gasteiger partial charge in [-0.3, -0.25) is 14.4 Å². The summed E-state index contributed by atoms with van der Waals surface area (Å²) in [5.41, 5.74) is 2.37. The second-order valence-corrected chi connectivity index (χ2v) is 7.46. The quantitative estimate of drug-likeness (QED) is 0.678. The third kappa shape index (κ3) is 5.35. The minimum absolute atomic E-state index is 0.0152. The molecule has 1 saturated heterocycles. The molecule has 1 unspecified atom stereocenters. The van der Waals surface area contributed by atoms with Crippen molar-refractivity contribution in [2.45, 2.75) is 32.7 Å². The van der Waals surface area contributed by atoms with Crippen LogP contribution in [0.4, 0.5) is 11.4 Å². The van der Waals surface area contributed by atoms with Crippen LogP contribution >= 0.6 is 11.6 Å². The summed E-state index contributed by atoms with van der Waals surface area (Å²) in [5, 5.41) is 6.27. The van der Waals surface area contributed by atoms with E-state index in [1.165, 1.54) is 0 Å². The number of hydrogen-bond donors (Lipinski definition) is 2. The van der Waals surface area contributed by atoms with Crippen LogP contribution in [0.3, 0.4) is 0 Å². The molecule has 0 aliphatic carbocycles. The standard InChI is InChI=1S/C22H24ClN3O3/c1-2-3-20(27)25-17-8-4-15(5-9-17)14-24-21(28)19-12-13-26(22(19)29)18-10-6-16(23)7-11-18/h4-11,19H,2-3,12-14H2,1H3,(H,24,28)(H,25,27). The first-order valence-electron chi connectivity index (χ1n) is 9.71. The van der Waals surface area contributed by atoms with Crippen molar-refractivity contribution in [2.24, 2.45) is 5.92 Å². The molecule has 152 valence electrons. The average molecular weight is 414 g/mol. The van der Waals surface area contributed by atoms with Gasteiger partial charge >= 0.3 is 0 Å². The summed E-state index contributed by atoms with van der Waals surface area (Å²) in [4.78, 5) is 38.4. The number of carbonyl (C=O) groups excluding carboxylic acids is 3. The van der Waals surface area contributed by atoms with Crippen molar-refractivity contribution in [3.05, 3.63) is 59.1 Å². The monoisotopic (exact) mass is 413 g/mol. The average Bonchev–Trinajstić information content (AvgIpc) is 3.09. The van der Waals surface area contributed by atoms with Gasteiger partial charge in [0, 0.05) is 35.9 Å². The normalized spacial score (nSPS) is 16.0. The summed E-state index contributed by atoms with van der Waals surface area (Å²) in [6, 6.07) is 14.3. The highest BCUT2D eigenvalue weighted by molar-refractivity contribution is 6.30. The zero-order valence-corrected chi connectivity index (χ0v) is 17.0. The smallest absolute Gasteiger partial charge is 0.239 e. The molecule has 2 aromatic carbocycles. The van der Waals surface area contributed by atoms with Gasteiger partial charge in [-0.25, -0.2) is 0 Å². The van der Waals surface area contributed by atoms with Gasteiger partial charge in [-0.15, -0.1) is 0 Å². The molecule has 1 aliphatic heterocycles. The van der Waals surface area contributed by atoms with Gasteiger partial charge in [0.05, 0.1) is 0 Å². The Kier molecular flexibility index (Phi) is 6.88. The second-order valence-electron chi connectivity index (χ2n) is 7.02. The number of amides is 3. The number of carbonyl (C=O) groups is 3. The Morgan fingerprint density at radius 3 is 2.45 bits per heavy atom. The highest BCUT2D eigenvalue weighted by atomic mass is 35.5. The van der Waals surface area contributed by atoms with Crippen LogP contribution in [-0.2, 0) is 20.9 Å². The minimum atomic E-state index is -0.682. The van der Waals surface area contributed by atoms with E-state index in [0.717, 1.165) is 23.4 Å². The maximum Gasteiger partial charge on any atom is 0.239 e. The molecule has 1 aliphatic rings. The summed E-state index contributed by atoms with van der Waals surface area (Å²) in [7, 11) is 0. The van der Waals surface area contributed by atoms with Gasteiger partial charge in [-0.2, -0.15) is 0 Å². The fraction of sp³-hybridized carbons (Fsp3) is 0.318. The van der Waals surface area contributed by atoms with E-state index in [4.69, 9.17) is 11.6 Å². The van der Waals surface area contributed by atoms with E-state index in [-0.39, 0.29) is 17.7 Å². The molecule has 2 aromatic rings. The highest BCUT2D eigenvalue weighted by Gasteiger charge is 2.37. The molecule has 3 rings (SSSR count). The molecule has 2 N–H and O–H groups in total. The molecule has 29 heavy (non-hydrogen) atoms. The topological polar surface area (TPSA) is 78.5 Å². The predicted octanol–water partition coefficient (Wildman–Crippen LogP) is 3.75. The lowest BCUT2D eigenvalue weighted by molar-refractivity contribution is -0.132. The molecule has 1 fully saturated rings. The van der Waals surface area contributed by atoms with Crippen LogP contribution in [-0.4, -0.2) is 24.3 Å². The first-order valence-corrected chi connectivity index (χ1v) is 10.1. The number of anilines is 2. The number of hydrogen-bond acceptors (Lipinski definition) is 3. The molecule has 0 spiro atoms. The van der Waals surface area contributed by atoms with E-state index in [9.17, 15) is 14.4 Å². The van der Waals surface area contributed by atoms with E-state index in [2.05, 4.69) is 10.6 Å². The zero-order chi connectivity index (χ0) is 20.8. The lowest BCUT2D eigenvalue weighted by Gasteiger charge is -2.17. The highest BCUT2D eigenvalue weighted by Crippen LogP contribution is 2.26. The van der Waals surface area contributed by atoms with Gasteiger partial charge in [0.1, 0.15) is 5.92 Å². The molecule has 7 heteroatoms. The molecular formula is C22H24ClN3O3. The summed E-state index contributed by atoms with van der Waals surface area (Å²) in [5.74, 6) is -1.16. The number of nitrogens with zero attached hydrogens (tertiary/aromatic N) is 1. The summed E-state index contributed by atoms with van der Waals surface area (Å²) in [6.07, 6.45) is 1.77. The van der Waals surface area contributed by atoms with Crippen molar-refractivity contribution in [2.75, 3.05) is 16.8 Å². The maximum absolute atomic E-state index is 12.6. The van der Waals surface area contributed by atoms with Gasteiger partial charge < -0.3 is 15.5 Å². The fourth-order valence-corrected chi connectivity index (χ4v) is 3.40. The SMILES string of the molecule is CCCC(=O)Nc1ccc(CNC(=O)C2CCN(c3ccc(Cl)cc3)C2=O)cc1. The van der Waals surface area contributed by atoms with Gasteiger partial charge in [0.2, 0.25) is 17.7 Å². The third-order valence-electron chi connectivity index (χ3n) is 4.84. The van der Waals surface area contributed by atoms with E-state index in [1.54, 1.807) is 41.3 Å². The van der Waals surface area contributed by atoms with Crippen molar-refractivity contribution in [3.8, 4) is 0 Å². The zero-order valence-electron chi connectivity index (χ0n) is 16.3. The first kappa shape index (κ1) is 20.9. The number of rotatable bonds is 7. The van der Waals surface area contributed by atoms with Crippen LogP contribution in [0.1, 0.15) is 31.7 Å². The van der Waals surface area contributed by atoms with E-state index >= 15 is 0 Å². The molecule has 6 nitrogen and oxygen atoms in total. The number of halogens is 1. The Balaban J connectivity index is 1.52. The van der Waals surface area contributed by atoms with Crippen LogP contribution in [0.15, 0.2) is 48.5 Å². The Morgan fingerprint density at radius 2 is 1.79 bits per heavy atom. The van der Waals surface area contributed by atoms with E-state index in [0.29, 0.717) is 31.0 Å². The van der Waals surface area contributed by atoms with Crippen LogP contribution in [0, 0.1) is 5.92 Å². The molecule has 0 aromatic heterocycles. The largest absolute Gasteiger partial charge is 0.351 e. The Bertz CT molecular complexity index is 881. The lowest BCUT2D eigenvalue weighted by atomic mass is 10.1. The summed E-state index contributed by atoms with van der Waals surface area (Å²) >= 11 is 5.89. The Labute approximate surface area is 175 Å². The van der Waals surface area contributed by atoms with Crippen molar-refractivity contribution >= 4 is 40.7 Å². The number of nitrogens with one attached hydrogen (secondary N) is 2. The summed E-state index contributed by atoms with van der Waals surface area (Å²) < 4.78 is 0. The molecule has 0 bridgehead atoms. The van der Waals surface area contributed by atoms with Crippen LogP contribution in [0.25, 0.3) is 0 Å².